The molecule has 1 amide bonds. The van der Waals surface area contributed by atoms with Gasteiger partial charge in [0.15, 0.2) is 0 Å². The van der Waals surface area contributed by atoms with Gasteiger partial charge in [0.25, 0.3) is 0 Å². The van der Waals surface area contributed by atoms with Crippen LogP contribution in [0.15, 0.2) is 6.07 Å². The average Bonchev–Trinajstić information content (AvgIpc) is 3.17. The van der Waals surface area contributed by atoms with Gasteiger partial charge in [-0.3, -0.25) is 9.48 Å². The molecule has 0 N–H and O–H groups in total. The Balaban J connectivity index is 1.67. The molecule has 128 valence electrons. The zero-order valence-electron chi connectivity index (χ0n) is 14.8. The standard InChI is InChI=1S/C18H30N4O/c1-20(2)13-16-11-17(19-21(16)3)15-9-6-10-22(12-15)18(23)14-7-4-5-8-14/h11,14-15H,4-10,12-13H2,1-3H3/t15-/m0/s1. The number of aromatic nitrogens is 2. The molecule has 0 aromatic carbocycles. The van der Waals surface area contributed by atoms with Crippen LogP contribution in [0.25, 0.3) is 0 Å². The number of piperidine rings is 1. The van der Waals surface area contributed by atoms with Crippen molar-refractivity contribution >= 4 is 5.91 Å². The van der Waals surface area contributed by atoms with Crippen LogP contribution in [0.2, 0.25) is 0 Å². The van der Waals surface area contributed by atoms with E-state index in [1.54, 1.807) is 0 Å². The van der Waals surface area contributed by atoms with Crippen molar-refractivity contribution in [1.29, 1.82) is 0 Å². The second-order valence-corrected chi connectivity index (χ2v) is 7.53. The van der Waals surface area contributed by atoms with E-state index >= 15 is 0 Å². The Bertz CT molecular complexity index is 545. The van der Waals surface area contributed by atoms with Gasteiger partial charge in [-0.1, -0.05) is 12.8 Å². The van der Waals surface area contributed by atoms with Gasteiger partial charge in [-0.05, 0) is 45.8 Å². The summed E-state index contributed by atoms with van der Waals surface area (Å²) in [6.45, 7) is 2.69. The summed E-state index contributed by atoms with van der Waals surface area (Å²) in [7, 11) is 6.18. The van der Waals surface area contributed by atoms with Gasteiger partial charge in [0.2, 0.25) is 5.91 Å². The minimum absolute atomic E-state index is 0.293. The van der Waals surface area contributed by atoms with E-state index < -0.39 is 0 Å². The largest absolute Gasteiger partial charge is 0.342 e. The van der Waals surface area contributed by atoms with Crippen molar-refractivity contribution in [3.05, 3.63) is 17.5 Å². The Morgan fingerprint density at radius 2 is 2.00 bits per heavy atom. The summed E-state index contributed by atoms with van der Waals surface area (Å²) in [6, 6.07) is 2.23. The molecule has 1 aliphatic heterocycles. The van der Waals surface area contributed by atoms with E-state index in [2.05, 4.69) is 30.0 Å². The number of carbonyl (C=O) groups is 1. The first kappa shape index (κ1) is 16.5. The Labute approximate surface area is 139 Å². The van der Waals surface area contributed by atoms with Gasteiger partial charge < -0.3 is 9.80 Å². The number of nitrogens with zero attached hydrogens (tertiary/aromatic N) is 4. The third kappa shape index (κ3) is 3.77. The second-order valence-electron chi connectivity index (χ2n) is 7.53. The number of carbonyl (C=O) groups excluding carboxylic acids is 1. The van der Waals surface area contributed by atoms with E-state index in [1.807, 2.05) is 11.7 Å². The van der Waals surface area contributed by atoms with Crippen LogP contribution in [-0.2, 0) is 18.4 Å². The van der Waals surface area contributed by atoms with Crippen molar-refractivity contribution in [2.45, 2.75) is 51.0 Å². The maximum atomic E-state index is 12.7. The molecule has 2 heterocycles. The molecule has 1 saturated carbocycles. The summed E-state index contributed by atoms with van der Waals surface area (Å²) >= 11 is 0. The highest BCUT2D eigenvalue weighted by molar-refractivity contribution is 5.79. The maximum Gasteiger partial charge on any atom is 0.225 e. The van der Waals surface area contributed by atoms with E-state index in [-0.39, 0.29) is 0 Å². The Hall–Kier alpha value is -1.36. The summed E-state index contributed by atoms with van der Waals surface area (Å²) in [5.41, 5.74) is 2.40. The highest BCUT2D eigenvalue weighted by atomic mass is 16.2. The van der Waals surface area contributed by atoms with Crippen molar-refractivity contribution < 1.29 is 4.79 Å². The summed E-state index contributed by atoms with van der Waals surface area (Å²) in [6.07, 6.45) is 6.88. The van der Waals surface area contributed by atoms with Gasteiger partial charge in [-0.2, -0.15) is 5.10 Å². The van der Waals surface area contributed by atoms with Crippen LogP contribution < -0.4 is 0 Å². The zero-order chi connectivity index (χ0) is 16.4. The molecule has 2 fully saturated rings. The lowest BCUT2D eigenvalue weighted by Crippen LogP contribution is -2.41. The first-order valence-corrected chi connectivity index (χ1v) is 9.01. The molecule has 1 aromatic rings. The Kier molecular flexibility index (Phi) is 5.05. The highest BCUT2D eigenvalue weighted by Crippen LogP contribution is 2.31. The SMILES string of the molecule is CN(C)Cc1cc([C@H]2CCCN(C(=O)C3CCCC3)C2)nn1C. The van der Waals surface area contributed by atoms with Gasteiger partial charge in [-0.25, -0.2) is 0 Å². The summed E-state index contributed by atoms with van der Waals surface area (Å²) in [5, 5.41) is 4.73. The van der Waals surface area contributed by atoms with E-state index in [9.17, 15) is 4.79 Å². The van der Waals surface area contributed by atoms with Crippen LogP contribution in [0, 0.1) is 5.92 Å². The fourth-order valence-electron chi connectivity index (χ4n) is 4.05. The molecule has 0 radical (unpaired) electrons. The molecule has 1 atom stereocenters. The Morgan fingerprint density at radius 1 is 1.26 bits per heavy atom. The fraction of sp³-hybridized carbons (Fsp3) is 0.778. The minimum Gasteiger partial charge on any atom is -0.342 e. The first-order chi connectivity index (χ1) is 11.0. The van der Waals surface area contributed by atoms with E-state index in [4.69, 9.17) is 5.10 Å². The maximum absolute atomic E-state index is 12.7. The molecule has 0 spiro atoms. The predicted octanol–water partition coefficient (Wildman–Crippen LogP) is 2.38. The predicted molar refractivity (Wildman–Crippen MR) is 91.1 cm³/mol. The molecule has 2 aliphatic rings. The number of likely N-dealkylation sites (tertiary alicyclic amines) is 1. The van der Waals surface area contributed by atoms with Crippen LogP contribution >= 0.6 is 0 Å². The van der Waals surface area contributed by atoms with Crippen molar-refractivity contribution in [2.24, 2.45) is 13.0 Å². The summed E-state index contributed by atoms with van der Waals surface area (Å²) < 4.78 is 1.99. The van der Waals surface area contributed by atoms with Crippen LogP contribution in [0.4, 0.5) is 0 Å². The van der Waals surface area contributed by atoms with E-state index in [0.29, 0.717) is 17.7 Å². The lowest BCUT2D eigenvalue weighted by Gasteiger charge is -2.33. The van der Waals surface area contributed by atoms with Crippen LogP contribution in [0.3, 0.4) is 0 Å². The minimum atomic E-state index is 0.293. The highest BCUT2D eigenvalue weighted by Gasteiger charge is 2.31. The van der Waals surface area contributed by atoms with Crippen molar-refractivity contribution in [3.63, 3.8) is 0 Å². The lowest BCUT2D eigenvalue weighted by atomic mass is 9.93. The monoisotopic (exact) mass is 318 g/mol. The molecule has 3 rings (SSSR count). The van der Waals surface area contributed by atoms with Crippen LogP contribution in [-0.4, -0.2) is 52.7 Å². The zero-order valence-corrected chi connectivity index (χ0v) is 14.8. The normalized spacial score (nSPS) is 23.0. The van der Waals surface area contributed by atoms with Crippen molar-refractivity contribution in [2.75, 3.05) is 27.2 Å². The van der Waals surface area contributed by atoms with Crippen LogP contribution in [0.1, 0.15) is 55.8 Å². The molecule has 1 aliphatic carbocycles. The molecular formula is C18H30N4O. The number of amides is 1. The lowest BCUT2D eigenvalue weighted by molar-refractivity contribution is -0.136. The van der Waals surface area contributed by atoms with E-state index in [0.717, 1.165) is 51.0 Å². The molecule has 5 heteroatoms. The van der Waals surface area contributed by atoms with Gasteiger partial charge in [0, 0.05) is 38.5 Å². The van der Waals surface area contributed by atoms with Crippen molar-refractivity contribution in [1.82, 2.24) is 19.6 Å². The molecule has 1 saturated heterocycles. The average molecular weight is 318 g/mol. The van der Waals surface area contributed by atoms with Gasteiger partial charge in [-0.15, -0.1) is 0 Å². The third-order valence-corrected chi connectivity index (χ3v) is 5.33. The molecule has 0 unspecified atom stereocenters. The van der Waals surface area contributed by atoms with Gasteiger partial charge >= 0.3 is 0 Å². The molecule has 0 bridgehead atoms. The fourth-order valence-corrected chi connectivity index (χ4v) is 4.05. The summed E-state index contributed by atoms with van der Waals surface area (Å²) in [5.74, 6) is 1.09. The van der Waals surface area contributed by atoms with E-state index in [1.165, 1.54) is 18.5 Å². The Morgan fingerprint density at radius 3 is 2.70 bits per heavy atom. The number of hydrogen-bond donors (Lipinski definition) is 0. The number of rotatable bonds is 4. The molecular weight excluding hydrogens is 288 g/mol. The smallest absolute Gasteiger partial charge is 0.225 e. The molecule has 1 aromatic heterocycles. The topological polar surface area (TPSA) is 41.4 Å². The van der Waals surface area contributed by atoms with Gasteiger partial charge in [0.05, 0.1) is 11.4 Å². The van der Waals surface area contributed by atoms with Crippen LogP contribution in [0.5, 0.6) is 0 Å². The molecule has 5 nitrogen and oxygen atoms in total. The first-order valence-electron chi connectivity index (χ1n) is 9.01. The number of aryl methyl sites for hydroxylation is 1. The van der Waals surface area contributed by atoms with Crippen molar-refractivity contribution in [3.8, 4) is 0 Å². The molecule has 23 heavy (non-hydrogen) atoms. The second kappa shape index (κ2) is 7.04. The number of hydrogen-bond acceptors (Lipinski definition) is 3. The third-order valence-electron chi connectivity index (χ3n) is 5.33. The summed E-state index contributed by atoms with van der Waals surface area (Å²) in [4.78, 5) is 17.0. The van der Waals surface area contributed by atoms with Gasteiger partial charge in [0.1, 0.15) is 0 Å². The quantitative estimate of drug-likeness (QED) is 0.856.